The SMILES string of the molecule is CCC(CC)n1ccc(CNCCCCCCl)n1. The first-order valence-electron chi connectivity index (χ1n) is 7.12. The largest absolute Gasteiger partial charge is 0.311 e. The Morgan fingerprint density at radius 3 is 2.72 bits per heavy atom. The van der Waals surface area contributed by atoms with Crippen molar-refractivity contribution in [2.75, 3.05) is 12.4 Å². The third-order valence-corrected chi connectivity index (χ3v) is 3.54. The molecular weight excluding hydrogens is 246 g/mol. The first kappa shape index (κ1) is 15.5. The summed E-state index contributed by atoms with van der Waals surface area (Å²) in [7, 11) is 0. The highest BCUT2D eigenvalue weighted by molar-refractivity contribution is 6.17. The van der Waals surface area contributed by atoms with Gasteiger partial charge in [0.15, 0.2) is 0 Å². The van der Waals surface area contributed by atoms with Gasteiger partial charge < -0.3 is 5.32 Å². The smallest absolute Gasteiger partial charge is 0.0762 e. The lowest BCUT2D eigenvalue weighted by Crippen LogP contribution is -2.16. The Kier molecular flexibility index (Phi) is 8.10. The summed E-state index contributed by atoms with van der Waals surface area (Å²) in [5, 5.41) is 8.05. The van der Waals surface area contributed by atoms with E-state index < -0.39 is 0 Å². The summed E-state index contributed by atoms with van der Waals surface area (Å²) >= 11 is 5.64. The van der Waals surface area contributed by atoms with E-state index >= 15 is 0 Å². The van der Waals surface area contributed by atoms with Gasteiger partial charge in [-0.3, -0.25) is 4.68 Å². The van der Waals surface area contributed by atoms with Gasteiger partial charge in [0.2, 0.25) is 0 Å². The minimum atomic E-state index is 0.544. The second-order valence-electron chi connectivity index (χ2n) is 4.68. The van der Waals surface area contributed by atoms with Crippen molar-refractivity contribution in [3.05, 3.63) is 18.0 Å². The van der Waals surface area contributed by atoms with E-state index in [0.717, 1.165) is 43.9 Å². The second-order valence-corrected chi connectivity index (χ2v) is 5.06. The van der Waals surface area contributed by atoms with Crippen LogP contribution in [0, 0.1) is 0 Å². The average Bonchev–Trinajstić information content (AvgIpc) is 2.84. The molecule has 1 rings (SSSR count). The number of nitrogens with zero attached hydrogens (tertiary/aromatic N) is 2. The van der Waals surface area contributed by atoms with E-state index in [1.54, 1.807) is 0 Å². The maximum atomic E-state index is 5.64. The summed E-state index contributed by atoms with van der Waals surface area (Å²) in [6.45, 7) is 6.35. The van der Waals surface area contributed by atoms with Gasteiger partial charge in [-0.15, -0.1) is 11.6 Å². The van der Waals surface area contributed by atoms with Crippen LogP contribution >= 0.6 is 11.6 Å². The molecule has 0 saturated carbocycles. The molecule has 0 aliphatic carbocycles. The van der Waals surface area contributed by atoms with Crippen molar-refractivity contribution in [1.29, 1.82) is 0 Å². The molecule has 1 aromatic rings. The number of alkyl halides is 1. The number of hydrogen-bond acceptors (Lipinski definition) is 2. The minimum Gasteiger partial charge on any atom is -0.311 e. The third kappa shape index (κ3) is 5.40. The highest BCUT2D eigenvalue weighted by Crippen LogP contribution is 2.14. The molecule has 0 atom stereocenters. The molecular formula is C14H26ClN3. The van der Waals surface area contributed by atoms with Crippen LogP contribution in [-0.2, 0) is 6.54 Å². The van der Waals surface area contributed by atoms with Gasteiger partial charge in [0.1, 0.15) is 0 Å². The Labute approximate surface area is 116 Å². The third-order valence-electron chi connectivity index (χ3n) is 3.27. The molecule has 3 nitrogen and oxygen atoms in total. The van der Waals surface area contributed by atoms with Gasteiger partial charge in [0.25, 0.3) is 0 Å². The van der Waals surface area contributed by atoms with Crippen LogP contribution in [0.3, 0.4) is 0 Å². The lowest BCUT2D eigenvalue weighted by Gasteiger charge is -2.12. The van der Waals surface area contributed by atoms with Crippen molar-refractivity contribution >= 4 is 11.6 Å². The average molecular weight is 272 g/mol. The predicted octanol–water partition coefficient (Wildman–Crippen LogP) is 3.74. The van der Waals surface area contributed by atoms with Crippen molar-refractivity contribution in [3.63, 3.8) is 0 Å². The molecule has 0 saturated heterocycles. The molecule has 18 heavy (non-hydrogen) atoms. The number of aromatic nitrogens is 2. The van der Waals surface area contributed by atoms with Gasteiger partial charge in [-0.05, 0) is 38.3 Å². The van der Waals surface area contributed by atoms with Crippen LogP contribution in [0.2, 0.25) is 0 Å². The Balaban J connectivity index is 2.23. The number of hydrogen-bond donors (Lipinski definition) is 1. The minimum absolute atomic E-state index is 0.544. The molecule has 0 fully saturated rings. The van der Waals surface area contributed by atoms with E-state index in [-0.39, 0.29) is 0 Å². The van der Waals surface area contributed by atoms with Crippen LogP contribution in [0.5, 0.6) is 0 Å². The van der Waals surface area contributed by atoms with E-state index in [1.807, 2.05) is 0 Å². The van der Waals surface area contributed by atoms with Gasteiger partial charge in [-0.25, -0.2) is 0 Å². The molecule has 0 spiro atoms. The van der Waals surface area contributed by atoms with Crippen LogP contribution in [0.25, 0.3) is 0 Å². The van der Waals surface area contributed by atoms with Crippen LogP contribution in [-0.4, -0.2) is 22.2 Å². The fraction of sp³-hybridized carbons (Fsp3) is 0.786. The van der Waals surface area contributed by atoms with Crippen LogP contribution in [0.15, 0.2) is 12.3 Å². The summed E-state index contributed by atoms with van der Waals surface area (Å²) < 4.78 is 2.10. The lowest BCUT2D eigenvalue weighted by molar-refractivity contribution is 0.424. The Morgan fingerprint density at radius 1 is 1.28 bits per heavy atom. The summed E-state index contributed by atoms with van der Waals surface area (Å²) in [5.41, 5.74) is 1.14. The molecule has 1 aromatic heterocycles. The molecule has 1 heterocycles. The quantitative estimate of drug-likeness (QED) is 0.519. The zero-order valence-electron chi connectivity index (χ0n) is 11.7. The monoisotopic (exact) mass is 271 g/mol. The Bertz CT molecular complexity index is 308. The summed E-state index contributed by atoms with van der Waals surface area (Å²) in [4.78, 5) is 0. The van der Waals surface area contributed by atoms with Crippen molar-refractivity contribution < 1.29 is 0 Å². The van der Waals surface area contributed by atoms with Crippen LogP contribution in [0.1, 0.15) is 57.7 Å². The molecule has 104 valence electrons. The zero-order valence-corrected chi connectivity index (χ0v) is 12.4. The first-order chi connectivity index (χ1) is 8.81. The topological polar surface area (TPSA) is 29.9 Å². The van der Waals surface area contributed by atoms with E-state index in [1.165, 1.54) is 12.8 Å². The van der Waals surface area contributed by atoms with Gasteiger partial charge in [0, 0.05) is 18.6 Å². The highest BCUT2D eigenvalue weighted by atomic mass is 35.5. The van der Waals surface area contributed by atoms with Crippen molar-refractivity contribution in [2.24, 2.45) is 0 Å². The lowest BCUT2D eigenvalue weighted by atomic mass is 10.2. The molecule has 1 N–H and O–H groups in total. The standard InChI is InChI=1S/C14H26ClN3/c1-3-14(4-2)18-11-8-13(17-18)12-16-10-7-5-6-9-15/h8,11,14,16H,3-7,9-10,12H2,1-2H3. The maximum Gasteiger partial charge on any atom is 0.0762 e. The molecule has 4 heteroatoms. The Morgan fingerprint density at radius 2 is 2.06 bits per heavy atom. The van der Waals surface area contributed by atoms with Gasteiger partial charge in [0.05, 0.1) is 11.7 Å². The summed E-state index contributed by atoms with van der Waals surface area (Å²) in [6.07, 6.45) is 7.90. The van der Waals surface area contributed by atoms with E-state index in [0.29, 0.717) is 6.04 Å². The Hall–Kier alpha value is -0.540. The molecule has 0 aromatic carbocycles. The fourth-order valence-corrected chi connectivity index (χ4v) is 2.26. The normalized spacial score (nSPS) is 11.3. The summed E-state index contributed by atoms with van der Waals surface area (Å²) in [5.74, 6) is 0.778. The van der Waals surface area contributed by atoms with E-state index in [2.05, 4.69) is 41.2 Å². The number of rotatable bonds is 10. The fourth-order valence-electron chi connectivity index (χ4n) is 2.08. The van der Waals surface area contributed by atoms with E-state index in [9.17, 15) is 0 Å². The first-order valence-corrected chi connectivity index (χ1v) is 7.66. The van der Waals surface area contributed by atoms with Crippen molar-refractivity contribution in [3.8, 4) is 0 Å². The van der Waals surface area contributed by atoms with Crippen molar-refractivity contribution in [2.45, 2.75) is 58.5 Å². The highest BCUT2D eigenvalue weighted by Gasteiger charge is 2.07. The molecule has 0 radical (unpaired) electrons. The molecule has 0 unspecified atom stereocenters. The van der Waals surface area contributed by atoms with Crippen molar-refractivity contribution in [1.82, 2.24) is 15.1 Å². The van der Waals surface area contributed by atoms with E-state index in [4.69, 9.17) is 11.6 Å². The number of halogens is 1. The molecule has 0 aliphatic heterocycles. The predicted molar refractivity (Wildman–Crippen MR) is 78.1 cm³/mol. The van der Waals surface area contributed by atoms with Gasteiger partial charge >= 0.3 is 0 Å². The molecule has 0 aliphatic rings. The van der Waals surface area contributed by atoms with Gasteiger partial charge in [-0.1, -0.05) is 20.3 Å². The number of nitrogens with one attached hydrogen (secondary N) is 1. The van der Waals surface area contributed by atoms with Crippen LogP contribution < -0.4 is 5.32 Å². The number of unbranched alkanes of at least 4 members (excludes halogenated alkanes) is 2. The molecule has 0 bridgehead atoms. The van der Waals surface area contributed by atoms with Crippen LogP contribution in [0.4, 0.5) is 0 Å². The zero-order chi connectivity index (χ0) is 13.2. The second kappa shape index (κ2) is 9.40. The molecule has 0 amide bonds. The maximum absolute atomic E-state index is 5.64. The van der Waals surface area contributed by atoms with Gasteiger partial charge in [-0.2, -0.15) is 5.10 Å². The summed E-state index contributed by atoms with van der Waals surface area (Å²) in [6, 6.07) is 2.66.